The van der Waals surface area contributed by atoms with Crippen molar-refractivity contribution in [1.29, 1.82) is 0 Å². The van der Waals surface area contributed by atoms with Crippen LogP contribution < -0.4 is 0 Å². The van der Waals surface area contributed by atoms with Gasteiger partial charge in [-0.2, -0.15) is 0 Å². The third kappa shape index (κ3) is 2.94. The lowest BCUT2D eigenvalue weighted by Gasteiger charge is -2.37. The molecule has 1 unspecified atom stereocenters. The van der Waals surface area contributed by atoms with Gasteiger partial charge in [-0.1, -0.05) is 20.8 Å². The van der Waals surface area contributed by atoms with Crippen LogP contribution in [0.4, 0.5) is 0 Å². The van der Waals surface area contributed by atoms with E-state index in [9.17, 15) is 15.0 Å². The standard InChI is InChI=1S/C13H18O3S/c1-12(2,3)13(4,11(15)16)17-10-7-5-9(14)6-8-10/h5-8,14H,1-4H3,(H,15,16). The molecule has 4 heteroatoms. The van der Waals surface area contributed by atoms with Crippen LogP contribution in [0.5, 0.6) is 5.75 Å². The molecule has 0 heterocycles. The molecule has 1 aromatic carbocycles. The lowest BCUT2D eigenvalue weighted by atomic mass is 9.81. The van der Waals surface area contributed by atoms with E-state index in [1.54, 1.807) is 31.2 Å². The van der Waals surface area contributed by atoms with E-state index in [1.807, 2.05) is 20.8 Å². The number of aliphatic carboxylic acids is 1. The molecule has 0 amide bonds. The minimum atomic E-state index is -0.913. The van der Waals surface area contributed by atoms with Crippen LogP contribution in [0.15, 0.2) is 29.2 Å². The summed E-state index contributed by atoms with van der Waals surface area (Å²) in [7, 11) is 0. The molecular formula is C13H18O3S. The van der Waals surface area contributed by atoms with Crippen LogP contribution in [-0.4, -0.2) is 20.9 Å². The Morgan fingerprint density at radius 3 is 1.94 bits per heavy atom. The molecule has 0 fully saturated rings. The molecule has 2 N–H and O–H groups in total. The number of hydrogen-bond donors (Lipinski definition) is 2. The third-order valence-electron chi connectivity index (χ3n) is 3.00. The zero-order valence-electron chi connectivity index (χ0n) is 10.5. The zero-order chi connectivity index (χ0) is 13.3. The highest BCUT2D eigenvalue weighted by atomic mass is 32.2. The highest BCUT2D eigenvalue weighted by Crippen LogP contribution is 2.45. The van der Waals surface area contributed by atoms with Gasteiger partial charge in [-0.05, 0) is 36.6 Å². The van der Waals surface area contributed by atoms with Crippen molar-refractivity contribution in [2.45, 2.75) is 37.3 Å². The molecule has 0 aliphatic heterocycles. The summed E-state index contributed by atoms with van der Waals surface area (Å²) in [6.45, 7) is 7.46. The first-order chi connectivity index (χ1) is 7.67. The Kier molecular flexibility index (Phi) is 3.77. The van der Waals surface area contributed by atoms with Crippen molar-refractivity contribution >= 4 is 17.7 Å². The van der Waals surface area contributed by atoms with Gasteiger partial charge in [-0.25, -0.2) is 0 Å². The SMILES string of the molecule is CC(C)(C)C(C)(Sc1ccc(O)cc1)C(=O)O. The molecule has 0 aromatic heterocycles. The van der Waals surface area contributed by atoms with Gasteiger partial charge in [0.2, 0.25) is 0 Å². The molecule has 1 atom stereocenters. The number of aromatic hydroxyl groups is 1. The second kappa shape index (κ2) is 4.61. The fraction of sp³-hybridized carbons (Fsp3) is 0.462. The van der Waals surface area contributed by atoms with Crippen molar-refractivity contribution in [2.75, 3.05) is 0 Å². The van der Waals surface area contributed by atoms with Gasteiger partial charge in [0.25, 0.3) is 0 Å². The van der Waals surface area contributed by atoms with Gasteiger partial charge in [0, 0.05) is 4.90 Å². The van der Waals surface area contributed by atoms with Crippen molar-refractivity contribution in [3.8, 4) is 5.75 Å². The van der Waals surface area contributed by atoms with Crippen LogP contribution in [-0.2, 0) is 4.79 Å². The van der Waals surface area contributed by atoms with Crippen LogP contribution in [0, 0.1) is 5.41 Å². The maximum absolute atomic E-state index is 11.5. The molecule has 0 spiro atoms. The Morgan fingerprint density at radius 2 is 1.59 bits per heavy atom. The van der Waals surface area contributed by atoms with Gasteiger partial charge in [-0.15, -0.1) is 11.8 Å². The highest BCUT2D eigenvalue weighted by molar-refractivity contribution is 8.01. The first-order valence-electron chi connectivity index (χ1n) is 5.38. The molecule has 0 aliphatic rings. The normalized spacial score (nSPS) is 15.3. The molecular weight excluding hydrogens is 236 g/mol. The van der Waals surface area contributed by atoms with Crippen LogP contribution in [0.25, 0.3) is 0 Å². The van der Waals surface area contributed by atoms with E-state index in [1.165, 1.54) is 11.8 Å². The molecule has 3 nitrogen and oxygen atoms in total. The summed E-state index contributed by atoms with van der Waals surface area (Å²) in [4.78, 5) is 12.3. The van der Waals surface area contributed by atoms with Crippen molar-refractivity contribution < 1.29 is 15.0 Å². The maximum atomic E-state index is 11.5. The Balaban J connectivity index is 3.04. The third-order valence-corrected chi connectivity index (χ3v) is 4.70. The summed E-state index contributed by atoms with van der Waals surface area (Å²) in [6.07, 6.45) is 0. The summed E-state index contributed by atoms with van der Waals surface area (Å²) >= 11 is 1.30. The van der Waals surface area contributed by atoms with Gasteiger partial charge >= 0.3 is 5.97 Å². The first kappa shape index (κ1) is 13.9. The van der Waals surface area contributed by atoms with Crippen LogP contribution >= 0.6 is 11.8 Å². The first-order valence-corrected chi connectivity index (χ1v) is 6.20. The van der Waals surface area contributed by atoms with Gasteiger partial charge in [0.1, 0.15) is 10.5 Å². The molecule has 0 aliphatic carbocycles. The predicted octanol–water partition coefficient (Wildman–Crippen LogP) is 3.37. The van der Waals surface area contributed by atoms with Crippen LogP contribution in [0.1, 0.15) is 27.7 Å². The Hall–Kier alpha value is -1.16. The fourth-order valence-corrected chi connectivity index (χ4v) is 2.40. The topological polar surface area (TPSA) is 57.5 Å². The van der Waals surface area contributed by atoms with Gasteiger partial charge in [-0.3, -0.25) is 4.79 Å². The van der Waals surface area contributed by atoms with E-state index >= 15 is 0 Å². The number of thioether (sulfide) groups is 1. The van der Waals surface area contributed by atoms with Gasteiger partial charge in [0.05, 0.1) is 0 Å². The van der Waals surface area contributed by atoms with E-state index in [4.69, 9.17) is 0 Å². The van der Waals surface area contributed by atoms with Crippen molar-refractivity contribution in [1.82, 2.24) is 0 Å². The molecule has 1 rings (SSSR count). The number of carboxylic acids is 1. The summed E-state index contributed by atoms with van der Waals surface area (Å²) in [5, 5.41) is 18.6. The maximum Gasteiger partial charge on any atom is 0.320 e. The predicted molar refractivity (Wildman–Crippen MR) is 69.5 cm³/mol. The Morgan fingerprint density at radius 1 is 1.12 bits per heavy atom. The van der Waals surface area contributed by atoms with E-state index in [0.717, 1.165) is 4.90 Å². The summed E-state index contributed by atoms with van der Waals surface area (Å²) in [5.41, 5.74) is -0.374. The van der Waals surface area contributed by atoms with Gasteiger partial charge in [0.15, 0.2) is 0 Å². The second-order valence-electron chi connectivity index (χ2n) is 5.18. The molecule has 0 radical (unpaired) electrons. The van der Waals surface area contributed by atoms with E-state index in [-0.39, 0.29) is 11.2 Å². The molecule has 17 heavy (non-hydrogen) atoms. The van der Waals surface area contributed by atoms with Crippen molar-refractivity contribution in [2.24, 2.45) is 5.41 Å². The lowest BCUT2D eigenvalue weighted by molar-refractivity contribution is -0.142. The summed E-state index contributed by atoms with van der Waals surface area (Å²) in [5.74, 6) is -0.648. The average Bonchev–Trinajstić information content (AvgIpc) is 2.19. The van der Waals surface area contributed by atoms with Crippen LogP contribution in [0.2, 0.25) is 0 Å². The Labute approximate surface area is 106 Å². The number of benzene rings is 1. The Bertz CT molecular complexity index is 406. The molecule has 1 aromatic rings. The minimum absolute atomic E-state index is 0.183. The molecule has 0 saturated carbocycles. The monoisotopic (exact) mass is 254 g/mol. The van der Waals surface area contributed by atoms with E-state index in [2.05, 4.69) is 0 Å². The van der Waals surface area contributed by atoms with E-state index < -0.39 is 10.7 Å². The van der Waals surface area contributed by atoms with Crippen molar-refractivity contribution in [3.63, 3.8) is 0 Å². The van der Waals surface area contributed by atoms with E-state index in [0.29, 0.717) is 0 Å². The number of rotatable bonds is 3. The largest absolute Gasteiger partial charge is 0.508 e. The number of phenolic OH excluding ortho intramolecular Hbond substituents is 1. The average molecular weight is 254 g/mol. The number of phenols is 1. The summed E-state index contributed by atoms with van der Waals surface area (Å²) in [6, 6.07) is 6.58. The molecule has 94 valence electrons. The molecule has 0 saturated heterocycles. The molecule has 0 bridgehead atoms. The number of carboxylic acid groups (broad SMARTS) is 1. The number of carbonyl (C=O) groups is 1. The number of hydrogen-bond acceptors (Lipinski definition) is 3. The highest BCUT2D eigenvalue weighted by Gasteiger charge is 2.45. The minimum Gasteiger partial charge on any atom is -0.508 e. The quantitative estimate of drug-likeness (QED) is 0.812. The van der Waals surface area contributed by atoms with Gasteiger partial charge < -0.3 is 10.2 Å². The van der Waals surface area contributed by atoms with Crippen molar-refractivity contribution in [3.05, 3.63) is 24.3 Å². The second-order valence-corrected chi connectivity index (χ2v) is 6.68. The zero-order valence-corrected chi connectivity index (χ0v) is 11.3. The fourth-order valence-electron chi connectivity index (χ4n) is 1.27. The lowest BCUT2D eigenvalue weighted by Crippen LogP contribution is -2.44. The van der Waals surface area contributed by atoms with Crippen LogP contribution in [0.3, 0.4) is 0 Å². The summed E-state index contributed by atoms with van der Waals surface area (Å²) < 4.78 is -0.913. The smallest absolute Gasteiger partial charge is 0.320 e.